The van der Waals surface area contributed by atoms with Crippen LogP contribution in [0.2, 0.25) is 0 Å². The highest BCUT2D eigenvalue weighted by molar-refractivity contribution is 7.47. The first-order valence-electron chi connectivity index (χ1n) is 32.1. The van der Waals surface area contributed by atoms with Crippen molar-refractivity contribution in [2.24, 2.45) is 5.73 Å². The van der Waals surface area contributed by atoms with Gasteiger partial charge in [0, 0.05) is 19.4 Å². The number of allylic oxidation sites excluding steroid dienone is 14. The zero-order chi connectivity index (χ0) is 55.9. The Kier molecular flexibility index (Phi) is 60.1. The van der Waals surface area contributed by atoms with E-state index in [2.05, 4.69) is 98.9 Å². The molecule has 0 radical (unpaired) electrons. The van der Waals surface area contributed by atoms with E-state index in [0.29, 0.717) is 6.42 Å². The highest BCUT2D eigenvalue weighted by atomic mass is 31.2. The molecule has 0 aromatic heterocycles. The molecule has 3 N–H and O–H groups in total. The molecule has 9 nitrogen and oxygen atoms in total. The van der Waals surface area contributed by atoms with E-state index in [9.17, 15) is 19.0 Å². The fraction of sp³-hybridized carbons (Fsp3) is 0.761. The SMILES string of the molecule is CC/C=C\C/C=C\C/C=C\C/C=C\C/C=C\C/C=C\C/C=C\CCCCCCCCCCCCCCCCCCCC(=O)OC(COC(=O)CCCCCCCCCCCCCCCCCCC)COP(=O)(O)OCCN. The van der Waals surface area contributed by atoms with Gasteiger partial charge in [0.15, 0.2) is 6.10 Å². The first-order valence-corrected chi connectivity index (χ1v) is 33.6. The highest BCUT2D eigenvalue weighted by Crippen LogP contribution is 2.43. The molecule has 2 unspecified atom stereocenters. The Labute approximate surface area is 474 Å². The first-order chi connectivity index (χ1) is 37.8. The number of phosphoric ester groups is 1. The molecule has 0 aliphatic carbocycles. The third-order valence-corrected chi connectivity index (χ3v) is 14.8. The molecule has 0 saturated carbocycles. The summed E-state index contributed by atoms with van der Waals surface area (Å²) in [7, 11) is -4.39. The Bertz CT molecular complexity index is 1530. The number of phosphoric acid groups is 1. The van der Waals surface area contributed by atoms with Crippen LogP contribution in [-0.4, -0.2) is 49.3 Å². The van der Waals surface area contributed by atoms with E-state index in [-0.39, 0.29) is 38.6 Å². The van der Waals surface area contributed by atoms with Crippen molar-refractivity contribution in [1.82, 2.24) is 0 Å². The van der Waals surface area contributed by atoms with Gasteiger partial charge in [0.2, 0.25) is 0 Å². The number of nitrogens with two attached hydrogens (primary N) is 1. The van der Waals surface area contributed by atoms with Crippen molar-refractivity contribution < 1.29 is 37.6 Å². The van der Waals surface area contributed by atoms with Crippen LogP contribution in [0.25, 0.3) is 0 Å². The maximum atomic E-state index is 12.7. The van der Waals surface area contributed by atoms with Crippen LogP contribution in [0, 0.1) is 0 Å². The van der Waals surface area contributed by atoms with Gasteiger partial charge in [-0.3, -0.25) is 18.6 Å². The van der Waals surface area contributed by atoms with E-state index in [1.807, 2.05) is 0 Å². The lowest BCUT2D eigenvalue weighted by atomic mass is 10.0. The Hall–Kier alpha value is -2.81. The molecule has 0 fully saturated rings. The summed E-state index contributed by atoms with van der Waals surface area (Å²) in [5.74, 6) is -0.815. The molecule has 446 valence electrons. The van der Waals surface area contributed by atoms with Crippen molar-refractivity contribution in [2.45, 2.75) is 302 Å². The van der Waals surface area contributed by atoms with Crippen LogP contribution in [-0.2, 0) is 32.7 Å². The van der Waals surface area contributed by atoms with Crippen molar-refractivity contribution in [2.75, 3.05) is 26.4 Å². The average Bonchev–Trinajstić information content (AvgIpc) is 3.42. The summed E-state index contributed by atoms with van der Waals surface area (Å²) in [6.45, 7) is 3.67. The molecule has 2 atom stereocenters. The summed E-state index contributed by atoms with van der Waals surface area (Å²) in [6.07, 6.45) is 82.3. The van der Waals surface area contributed by atoms with Gasteiger partial charge in [-0.25, -0.2) is 4.57 Å². The van der Waals surface area contributed by atoms with Gasteiger partial charge in [0.05, 0.1) is 13.2 Å². The number of carbonyl (C=O) groups is 2. The molecule has 0 spiro atoms. The highest BCUT2D eigenvalue weighted by Gasteiger charge is 2.26. The van der Waals surface area contributed by atoms with Crippen molar-refractivity contribution in [3.8, 4) is 0 Å². The van der Waals surface area contributed by atoms with Crippen LogP contribution in [0.3, 0.4) is 0 Å². The topological polar surface area (TPSA) is 134 Å². The summed E-state index contributed by atoms with van der Waals surface area (Å²) < 4.78 is 33.1. The van der Waals surface area contributed by atoms with Crippen molar-refractivity contribution in [3.05, 3.63) is 85.1 Å². The minimum atomic E-state index is -4.39. The number of rotatable bonds is 60. The summed E-state index contributed by atoms with van der Waals surface area (Å²) in [5.41, 5.74) is 5.39. The first kappa shape index (κ1) is 74.2. The molecule has 0 aromatic rings. The number of hydrogen-bond acceptors (Lipinski definition) is 8. The monoisotopic (exact) mass is 1100 g/mol. The van der Waals surface area contributed by atoms with E-state index < -0.39 is 26.5 Å². The second-order valence-corrected chi connectivity index (χ2v) is 22.7. The van der Waals surface area contributed by atoms with Crippen LogP contribution in [0.1, 0.15) is 296 Å². The van der Waals surface area contributed by atoms with Crippen molar-refractivity contribution in [3.63, 3.8) is 0 Å². The number of unbranched alkanes of at least 4 members (excludes halogenated alkanes) is 33. The maximum absolute atomic E-state index is 12.7. The van der Waals surface area contributed by atoms with Crippen LogP contribution < -0.4 is 5.73 Å². The summed E-state index contributed by atoms with van der Waals surface area (Å²) >= 11 is 0. The van der Waals surface area contributed by atoms with E-state index in [1.54, 1.807) is 0 Å². The Morgan fingerprint density at radius 3 is 1.06 bits per heavy atom. The summed E-state index contributed by atoms with van der Waals surface area (Å²) in [6, 6.07) is 0. The van der Waals surface area contributed by atoms with Gasteiger partial charge in [-0.1, -0.05) is 298 Å². The lowest BCUT2D eigenvalue weighted by molar-refractivity contribution is -0.161. The van der Waals surface area contributed by atoms with Gasteiger partial charge < -0.3 is 20.1 Å². The number of ether oxygens (including phenoxy) is 2. The van der Waals surface area contributed by atoms with Gasteiger partial charge in [0.25, 0.3) is 0 Å². The number of esters is 2. The molecular weight excluding hydrogens is 978 g/mol. The Morgan fingerprint density at radius 1 is 0.403 bits per heavy atom. The molecule has 0 saturated heterocycles. The molecule has 0 amide bonds. The molecule has 0 aliphatic rings. The van der Waals surface area contributed by atoms with Gasteiger partial charge >= 0.3 is 19.8 Å². The maximum Gasteiger partial charge on any atom is 0.472 e. The molecule has 0 heterocycles. The fourth-order valence-corrected chi connectivity index (χ4v) is 9.86. The Balaban J connectivity index is 3.85. The summed E-state index contributed by atoms with van der Waals surface area (Å²) in [4.78, 5) is 35.2. The van der Waals surface area contributed by atoms with E-state index in [4.69, 9.17) is 24.3 Å². The predicted molar refractivity (Wildman–Crippen MR) is 330 cm³/mol. The molecular formula is C67H120NO8P. The van der Waals surface area contributed by atoms with Gasteiger partial charge in [-0.15, -0.1) is 0 Å². The lowest BCUT2D eigenvalue weighted by Gasteiger charge is -2.19. The molecule has 0 aliphatic heterocycles. The fourth-order valence-electron chi connectivity index (χ4n) is 9.09. The molecule has 10 heteroatoms. The van der Waals surface area contributed by atoms with Crippen LogP contribution >= 0.6 is 7.82 Å². The standard InChI is InChI=1S/C67H120NO8P/c1-3-5-7-9-11-13-15-17-19-21-22-23-24-25-26-27-28-29-30-31-32-33-34-35-36-37-38-39-40-41-42-44-46-48-50-52-54-56-58-60-67(70)76-65(64-75-77(71,72)74-62-61-68)63-73-66(69)59-57-55-53-51-49-47-45-43-20-18-16-14-12-10-8-6-4-2/h5,7,11,13,17,19,22-23,25-26,28-29,31-32,65H,3-4,6,8-10,12,14-16,18,20-21,24,27,30,33-64,68H2,1-2H3,(H,71,72)/b7-5-,13-11-,19-17-,23-22-,26-25-,29-28-,32-31-. The minimum Gasteiger partial charge on any atom is -0.462 e. The number of hydrogen-bond donors (Lipinski definition) is 2. The predicted octanol–water partition coefficient (Wildman–Crippen LogP) is 20.6. The molecule has 77 heavy (non-hydrogen) atoms. The van der Waals surface area contributed by atoms with Crippen LogP contribution in [0.5, 0.6) is 0 Å². The van der Waals surface area contributed by atoms with Gasteiger partial charge in [0.1, 0.15) is 6.61 Å². The molecule has 0 bridgehead atoms. The second kappa shape index (κ2) is 62.4. The van der Waals surface area contributed by atoms with Crippen LogP contribution in [0.15, 0.2) is 85.1 Å². The Morgan fingerprint density at radius 2 is 0.714 bits per heavy atom. The lowest BCUT2D eigenvalue weighted by Crippen LogP contribution is -2.29. The van der Waals surface area contributed by atoms with Gasteiger partial charge in [-0.05, 0) is 70.6 Å². The normalized spacial score (nSPS) is 13.6. The summed E-state index contributed by atoms with van der Waals surface area (Å²) in [5, 5.41) is 0. The zero-order valence-electron chi connectivity index (χ0n) is 49.9. The third kappa shape index (κ3) is 62.3. The van der Waals surface area contributed by atoms with E-state index >= 15 is 0 Å². The molecule has 0 rings (SSSR count). The third-order valence-electron chi connectivity index (χ3n) is 13.8. The second-order valence-electron chi connectivity index (χ2n) is 21.3. The average molecular weight is 1100 g/mol. The van der Waals surface area contributed by atoms with Gasteiger partial charge in [-0.2, -0.15) is 0 Å². The van der Waals surface area contributed by atoms with Crippen molar-refractivity contribution >= 4 is 19.8 Å². The zero-order valence-corrected chi connectivity index (χ0v) is 50.8. The quantitative estimate of drug-likeness (QED) is 0.0264. The van der Waals surface area contributed by atoms with Crippen molar-refractivity contribution in [1.29, 1.82) is 0 Å². The molecule has 0 aromatic carbocycles. The van der Waals surface area contributed by atoms with E-state index in [0.717, 1.165) is 83.5 Å². The van der Waals surface area contributed by atoms with E-state index in [1.165, 1.54) is 180 Å². The number of carbonyl (C=O) groups excluding carboxylic acids is 2. The minimum absolute atomic E-state index is 0.0536. The van der Waals surface area contributed by atoms with Crippen LogP contribution in [0.4, 0.5) is 0 Å². The largest absolute Gasteiger partial charge is 0.472 e. The smallest absolute Gasteiger partial charge is 0.462 e.